The molecule has 1 aromatic carbocycles. The van der Waals surface area contributed by atoms with Crippen molar-refractivity contribution in [1.82, 2.24) is 0 Å². The highest BCUT2D eigenvalue weighted by atomic mass is 79.9. The first-order valence-corrected chi connectivity index (χ1v) is 4.97. The third kappa shape index (κ3) is 2.33. The minimum Gasteiger partial charge on any atom is -0.302 e. The number of non-ortho nitro benzene ring substituents is 1. The normalized spacial score (nSPS) is 12.5. The Morgan fingerprint density at radius 2 is 2.15 bits per heavy atom. The van der Waals surface area contributed by atoms with Crippen LogP contribution in [0.2, 0.25) is 0 Å². The molecule has 0 aromatic heterocycles. The van der Waals surface area contributed by atoms with Crippen LogP contribution in [-0.2, 0) is 11.1 Å². The lowest BCUT2D eigenvalue weighted by molar-refractivity contribution is -0.385. The average molecular weight is 266 g/mol. The van der Waals surface area contributed by atoms with E-state index in [1.54, 1.807) is 0 Å². The molecular formula is C6H4BrNO4S. The van der Waals surface area contributed by atoms with Crippen LogP contribution in [0.25, 0.3) is 0 Å². The van der Waals surface area contributed by atoms with E-state index in [1.165, 1.54) is 12.1 Å². The van der Waals surface area contributed by atoms with E-state index >= 15 is 0 Å². The maximum atomic E-state index is 10.7. The fourth-order valence-electron chi connectivity index (χ4n) is 0.739. The Morgan fingerprint density at radius 1 is 1.54 bits per heavy atom. The van der Waals surface area contributed by atoms with Crippen LogP contribution in [0.5, 0.6) is 0 Å². The van der Waals surface area contributed by atoms with Gasteiger partial charge in [-0.15, -0.1) is 0 Å². The van der Waals surface area contributed by atoms with Gasteiger partial charge in [0, 0.05) is 16.6 Å². The summed E-state index contributed by atoms with van der Waals surface area (Å²) < 4.78 is 19.8. The van der Waals surface area contributed by atoms with Crippen LogP contribution in [-0.4, -0.2) is 13.7 Å². The van der Waals surface area contributed by atoms with E-state index in [-0.39, 0.29) is 10.6 Å². The highest BCUT2D eigenvalue weighted by molar-refractivity contribution is 9.10. The molecule has 0 saturated carbocycles. The van der Waals surface area contributed by atoms with Gasteiger partial charge in [0.15, 0.2) is 11.1 Å². The van der Waals surface area contributed by atoms with Crippen LogP contribution < -0.4 is 0 Å². The largest absolute Gasteiger partial charge is 0.302 e. The molecule has 0 fully saturated rings. The number of nitro benzene ring substituents is 1. The molecule has 13 heavy (non-hydrogen) atoms. The van der Waals surface area contributed by atoms with Crippen molar-refractivity contribution in [1.29, 1.82) is 0 Å². The molecular weight excluding hydrogens is 262 g/mol. The van der Waals surface area contributed by atoms with E-state index in [1.807, 2.05) is 0 Å². The molecule has 70 valence electrons. The molecule has 1 N–H and O–H groups in total. The van der Waals surface area contributed by atoms with Crippen molar-refractivity contribution < 1.29 is 13.7 Å². The second-order valence-corrected chi connectivity index (χ2v) is 3.91. The summed E-state index contributed by atoms with van der Waals surface area (Å²) in [6.07, 6.45) is 0. The SMILES string of the molecule is O=[N+]([O-])c1ccc(Br)c(S(=O)O)c1. The second kappa shape index (κ2) is 3.95. The van der Waals surface area contributed by atoms with E-state index in [9.17, 15) is 14.3 Å². The first-order chi connectivity index (χ1) is 6.02. The summed E-state index contributed by atoms with van der Waals surface area (Å²) in [7, 11) is 0. The first kappa shape index (κ1) is 10.3. The van der Waals surface area contributed by atoms with Crippen molar-refractivity contribution in [2.24, 2.45) is 0 Å². The van der Waals surface area contributed by atoms with Gasteiger partial charge in [0.05, 0.1) is 9.82 Å². The standard InChI is InChI=1S/C6H4BrNO4S/c7-5-2-1-4(8(9)10)3-6(5)13(11)12/h1-3H,(H,11,12). The van der Waals surface area contributed by atoms with Gasteiger partial charge in [-0.3, -0.25) is 10.1 Å². The first-order valence-electron chi connectivity index (χ1n) is 3.07. The summed E-state index contributed by atoms with van der Waals surface area (Å²) in [6, 6.07) is 3.67. The van der Waals surface area contributed by atoms with Gasteiger partial charge in [-0.05, 0) is 22.0 Å². The van der Waals surface area contributed by atoms with E-state index < -0.39 is 16.0 Å². The van der Waals surface area contributed by atoms with E-state index in [0.29, 0.717) is 4.47 Å². The smallest absolute Gasteiger partial charge is 0.270 e. The van der Waals surface area contributed by atoms with Crippen molar-refractivity contribution in [2.75, 3.05) is 0 Å². The number of nitrogens with zero attached hydrogens (tertiary/aromatic N) is 1. The van der Waals surface area contributed by atoms with Crippen LogP contribution in [0.4, 0.5) is 5.69 Å². The molecule has 1 atom stereocenters. The summed E-state index contributed by atoms with van der Waals surface area (Å²) in [4.78, 5) is 9.67. The number of nitro groups is 1. The number of halogens is 1. The number of rotatable bonds is 2. The Kier molecular flexibility index (Phi) is 3.12. The monoisotopic (exact) mass is 265 g/mol. The maximum Gasteiger partial charge on any atom is 0.270 e. The molecule has 0 aliphatic heterocycles. The predicted octanol–water partition coefficient (Wildman–Crippen LogP) is 1.94. The molecule has 5 nitrogen and oxygen atoms in total. The fourth-order valence-corrected chi connectivity index (χ4v) is 1.86. The van der Waals surface area contributed by atoms with Gasteiger partial charge in [-0.25, -0.2) is 4.21 Å². The zero-order valence-electron chi connectivity index (χ0n) is 6.14. The molecule has 7 heteroatoms. The lowest BCUT2D eigenvalue weighted by Crippen LogP contribution is -1.93. The van der Waals surface area contributed by atoms with E-state index in [2.05, 4.69) is 15.9 Å². The zero-order chi connectivity index (χ0) is 10.0. The van der Waals surface area contributed by atoms with E-state index in [0.717, 1.165) is 6.07 Å². The highest BCUT2D eigenvalue weighted by Crippen LogP contribution is 2.24. The average Bonchev–Trinajstić information content (AvgIpc) is 2.04. The van der Waals surface area contributed by atoms with Gasteiger partial charge >= 0.3 is 0 Å². The van der Waals surface area contributed by atoms with Crippen molar-refractivity contribution in [3.63, 3.8) is 0 Å². The Labute approximate surface area is 84.3 Å². The molecule has 1 unspecified atom stereocenters. The molecule has 0 aliphatic rings. The Morgan fingerprint density at radius 3 is 2.62 bits per heavy atom. The molecule has 0 amide bonds. The third-order valence-corrected chi connectivity index (χ3v) is 2.98. The van der Waals surface area contributed by atoms with Gasteiger partial charge in [-0.2, -0.15) is 0 Å². The molecule has 0 saturated heterocycles. The molecule has 1 aromatic rings. The zero-order valence-corrected chi connectivity index (χ0v) is 8.54. The van der Waals surface area contributed by atoms with Crippen LogP contribution in [0.3, 0.4) is 0 Å². The molecule has 0 radical (unpaired) electrons. The summed E-state index contributed by atoms with van der Waals surface area (Å²) >= 11 is 0.786. The lowest BCUT2D eigenvalue weighted by atomic mass is 10.3. The van der Waals surface area contributed by atoms with Crippen LogP contribution >= 0.6 is 15.9 Å². The minimum absolute atomic E-state index is 0.00537. The molecule has 0 bridgehead atoms. The van der Waals surface area contributed by atoms with Crippen molar-refractivity contribution in [2.45, 2.75) is 4.90 Å². The molecule has 1 rings (SSSR count). The van der Waals surface area contributed by atoms with Gasteiger partial charge in [0.25, 0.3) is 5.69 Å². The van der Waals surface area contributed by atoms with Crippen molar-refractivity contribution >= 4 is 32.7 Å². The van der Waals surface area contributed by atoms with Crippen LogP contribution in [0.1, 0.15) is 0 Å². The lowest BCUT2D eigenvalue weighted by Gasteiger charge is -1.98. The quantitative estimate of drug-likeness (QED) is 0.504. The number of hydrogen-bond donors (Lipinski definition) is 1. The van der Waals surface area contributed by atoms with E-state index in [4.69, 9.17) is 4.55 Å². The Hall–Kier alpha value is -0.790. The fraction of sp³-hybridized carbons (Fsp3) is 0. The highest BCUT2D eigenvalue weighted by Gasteiger charge is 2.12. The molecule has 0 aliphatic carbocycles. The number of hydrogen-bond acceptors (Lipinski definition) is 3. The summed E-state index contributed by atoms with van der Waals surface area (Å²) in [5, 5.41) is 10.3. The second-order valence-electron chi connectivity index (χ2n) is 2.12. The molecule has 0 spiro atoms. The maximum absolute atomic E-state index is 10.7. The topological polar surface area (TPSA) is 80.4 Å². The van der Waals surface area contributed by atoms with Gasteiger partial charge in [0.1, 0.15) is 0 Å². The third-order valence-electron chi connectivity index (χ3n) is 1.31. The summed E-state index contributed by atoms with van der Waals surface area (Å²) in [6.45, 7) is 0. The number of benzene rings is 1. The minimum atomic E-state index is -2.22. The van der Waals surface area contributed by atoms with Gasteiger partial charge < -0.3 is 4.55 Å². The van der Waals surface area contributed by atoms with Gasteiger partial charge in [0.2, 0.25) is 0 Å². The van der Waals surface area contributed by atoms with Crippen molar-refractivity contribution in [3.8, 4) is 0 Å². The molecule has 0 heterocycles. The van der Waals surface area contributed by atoms with Gasteiger partial charge in [-0.1, -0.05) is 0 Å². The Bertz CT molecular complexity index is 381. The van der Waals surface area contributed by atoms with Crippen molar-refractivity contribution in [3.05, 3.63) is 32.8 Å². The summed E-state index contributed by atoms with van der Waals surface area (Å²) in [5.41, 5.74) is -0.208. The van der Waals surface area contributed by atoms with Crippen LogP contribution in [0, 0.1) is 10.1 Å². The predicted molar refractivity (Wildman–Crippen MR) is 49.8 cm³/mol. The summed E-state index contributed by atoms with van der Waals surface area (Å²) in [5.74, 6) is 0. The van der Waals surface area contributed by atoms with Crippen LogP contribution in [0.15, 0.2) is 27.6 Å². The Balaban J connectivity index is 3.27.